The van der Waals surface area contributed by atoms with Crippen molar-refractivity contribution in [2.24, 2.45) is 11.8 Å². The summed E-state index contributed by atoms with van der Waals surface area (Å²) in [5, 5.41) is 3.17. The van der Waals surface area contributed by atoms with Gasteiger partial charge in [-0.25, -0.2) is 8.42 Å². The van der Waals surface area contributed by atoms with Gasteiger partial charge in [-0.1, -0.05) is 18.2 Å². The lowest BCUT2D eigenvalue weighted by atomic mass is 9.98. The van der Waals surface area contributed by atoms with Crippen molar-refractivity contribution in [3.63, 3.8) is 0 Å². The fourth-order valence-electron chi connectivity index (χ4n) is 3.85. The Balaban J connectivity index is 0.00000243. The van der Waals surface area contributed by atoms with E-state index < -0.39 is 10.0 Å². The van der Waals surface area contributed by atoms with E-state index in [1.165, 1.54) is 4.31 Å². The first kappa shape index (κ1) is 21.2. The molecule has 8 heteroatoms. The maximum absolute atomic E-state index is 12.8. The van der Waals surface area contributed by atoms with Gasteiger partial charge in [-0.05, 0) is 50.9 Å². The number of amides is 1. The number of carbonyl (C=O) groups excluding carboxylic acids is 1. The Morgan fingerprint density at radius 1 is 1.15 bits per heavy atom. The smallest absolute Gasteiger partial charge is 0.243 e. The molecule has 0 spiro atoms. The molecule has 146 valence electrons. The van der Waals surface area contributed by atoms with Crippen LogP contribution in [0, 0.1) is 11.8 Å². The highest BCUT2D eigenvalue weighted by molar-refractivity contribution is 7.89. The fourth-order valence-corrected chi connectivity index (χ4v) is 5.40. The van der Waals surface area contributed by atoms with Gasteiger partial charge < -0.3 is 10.2 Å². The Hall–Kier alpha value is -1.15. The van der Waals surface area contributed by atoms with E-state index in [0.717, 1.165) is 38.9 Å². The molecule has 26 heavy (non-hydrogen) atoms. The first-order chi connectivity index (χ1) is 12.0. The molecule has 2 unspecified atom stereocenters. The second-order valence-electron chi connectivity index (χ2n) is 7.01. The van der Waals surface area contributed by atoms with Crippen LogP contribution in [0.1, 0.15) is 19.3 Å². The van der Waals surface area contributed by atoms with E-state index in [1.54, 1.807) is 30.3 Å². The highest BCUT2D eigenvalue weighted by Gasteiger charge is 2.36. The van der Waals surface area contributed by atoms with Crippen LogP contribution in [0.4, 0.5) is 0 Å². The van der Waals surface area contributed by atoms with Crippen LogP contribution in [0.15, 0.2) is 35.2 Å². The van der Waals surface area contributed by atoms with E-state index in [0.29, 0.717) is 23.9 Å². The second kappa shape index (κ2) is 9.17. The maximum atomic E-state index is 12.8. The van der Waals surface area contributed by atoms with Crippen molar-refractivity contribution in [1.82, 2.24) is 14.5 Å². The number of carbonyl (C=O) groups is 1. The SMILES string of the molecule is CNCC1CCN(C(=O)C2CCCN(S(=O)(=O)c3ccccc3)C2)C1.Cl. The van der Waals surface area contributed by atoms with Gasteiger partial charge >= 0.3 is 0 Å². The van der Waals surface area contributed by atoms with Crippen LogP contribution in [0.25, 0.3) is 0 Å². The van der Waals surface area contributed by atoms with E-state index in [2.05, 4.69) is 5.32 Å². The number of halogens is 1. The summed E-state index contributed by atoms with van der Waals surface area (Å²) >= 11 is 0. The van der Waals surface area contributed by atoms with Crippen LogP contribution < -0.4 is 5.32 Å². The van der Waals surface area contributed by atoms with Gasteiger partial charge in [0.2, 0.25) is 15.9 Å². The Morgan fingerprint density at radius 3 is 2.58 bits per heavy atom. The number of hydrogen-bond donors (Lipinski definition) is 1. The first-order valence-electron chi connectivity index (χ1n) is 9.01. The highest BCUT2D eigenvalue weighted by atomic mass is 35.5. The topological polar surface area (TPSA) is 69.7 Å². The zero-order chi connectivity index (χ0) is 17.9. The van der Waals surface area contributed by atoms with Crippen molar-refractivity contribution in [2.75, 3.05) is 39.8 Å². The number of piperidine rings is 1. The summed E-state index contributed by atoms with van der Waals surface area (Å²) < 4.78 is 27.1. The molecule has 0 bridgehead atoms. The van der Waals surface area contributed by atoms with E-state index in [1.807, 2.05) is 11.9 Å². The number of hydrogen-bond acceptors (Lipinski definition) is 4. The minimum Gasteiger partial charge on any atom is -0.342 e. The Labute approximate surface area is 162 Å². The third-order valence-electron chi connectivity index (χ3n) is 5.20. The van der Waals surface area contributed by atoms with Gasteiger partial charge in [-0.3, -0.25) is 4.79 Å². The molecule has 1 N–H and O–H groups in total. The standard InChI is InChI=1S/C18H27N3O3S.ClH/c1-19-12-15-9-11-20(13-15)18(22)16-6-5-10-21(14-16)25(23,24)17-7-3-2-4-8-17;/h2-4,7-8,15-16,19H,5-6,9-14H2,1H3;1H. The molecule has 1 aromatic rings. The lowest BCUT2D eigenvalue weighted by molar-refractivity contribution is -0.135. The molecule has 2 atom stereocenters. The summed E-state index contributed by atoms with van der Waals surface area (Å²) in [7, 11) is -1.59. The fraction of sp³-hybridized carbons (Fsp3) is 0.611. The Morgan fingerprint density at radius 2 is 1.88 bits per heavy atom. The Kier molecular flexibility index (Phi) is 7.46. The van der Waals surface area contributed by atoms with E-state index >= 15 is 0 Å². The average molecular weight is 402 g/mol. The maximum Gasteiger partial charge on any atom is 0.243 e. The minimum absolute atomic E-state index is 0. The van der Waals surface area contributed by atoms with Crippen LogP contribution in [-0.2, 0) is 14.8 Å². The van der Waals surface area contributed by atoms with Crippen molar-refractivity contribution >= 4 is 28.3 Å². The molecule has 0 saturated carbocycles. The third-order valence-corrected chi connectivity index (χ3v) is 7.08. The zero-order valence-electron chi connectivity index (χ0n) is 15.1. The van der Waals surface area contributed by atoms with Crippen molar-refractivity contribution in [2.45, 2.75) is 24.2 Å². The number of benzene rings is 1. The predicted molar refractivity (Wildman–Crippen MR) is 104 cm³/mol. The largest absolute Gasteiger partial charge is 0.342 e. The molecule has 2 fully saturated rings. The normalized spacial score (nSPS) is 24.3. The molecular formula is C18H28ClN3O3S. The lowest BCUT2D eigenvalue weighted by Gasteiger charge is -2.33. The van der Waals surface area contributed by atoms with Crippen LogP contribution >= 0.6 is 12.4 Å². The van der Waals surface area contributed by atoms with Crippen molar-refractivity contribution in [1.29, 1.82) is 0 Å². The van der Waals surface area contributed by atoms with Gasteiger partial charge in [0.15, 0.2) is 0 Å². The zero-order valence-corrected chi connectivity index (χ0v) is 16.8. The molecule has 1 amide bonds. The second-order valence-corrected chi connectivity index (χ2v) is 8.95. The van der Waals surface area contributed by atoms with Gasteiger partial charge in [0, 0.05) is 26.2 Å². The molecule has 2 aliphatic heterocycles. The molecule has 0 aliphatic carbocycles. The predicted octanol–water partition coefficient (Wildman–Crippen LogP) is 1.58. The minimum atomic E-state index is -3.52. The summed E-state index contributed by atoms with van der Waals surface area (Å²) in [5.41, 5.74) is 0. The summed E-state index contributed by atoms with van der Waals surface area (Å²) in [6.07, 6.45) is 2.52. The molecule has 0 radical (unpaired) electrons. The number of likely N-dealkylation sites (tertiary alicyclic amines) is 1. The van der Waals surface area contributed by atoms with Crippen LogP contribution in [-0.4, -0.2) is 63.3 Å². The number of sulfonamides is 1. The van der Waals surface area contributed by atoms with Crippen molar-refractivity contribution in [3.8, 4) is 0 Å². The van der Waals surface area contributed by atoms with Crippen LogP contribution in [0.5, 0.6) is 0 Å². The number of nitrogens with one attached hydrogen (secondary N) is 1. The number of nitrogens with zero attached hydrogens (tertiary/aromatic N) is 2. The molecule has 2 saturated heterocycles. The summed E-state index contributed by atoms with van der Waals surface area (Å²) in [6, 6.07) is 8.49. The van der Waals surface area contributed by atoms with Crippen molar-refractivity contribution < 1.29 is 13.2 Å². The number of rotatable bonds is 5. The highest BCUT2D eigenvalue weighted by Crippen LogP contribution is 2.26. The Bertz CT molecular complexity index is 699. The van der Waals surface area contributed by atoms with E-state index in [9.17, 15) is 13.2 Å². The van der Waals surface area contributed by atoms with Gasteiger partial charge in [-0.2, -0.15) is 4.31 Å². The molecular weight excluding hydrogens is 374 g/mol. The van der Waals surface area contributed by atoms with Gasteiger partial charge in [-0.15, -0.1) is 12.4 Å². The summed E-state index contributed by atoms with van der Waals surface area (Å²) in [6.45, 7) is 3.27. The van der Waals surface area contributed by atoms with Gasteiger partial charge in [0.05, 0.1) is 10.8 Å². The van der Waals surface area contributed by atoms with E-state index in [-0.39, 0.29) is 24.2 Å². The van der Waals surface area contributed by atoms with Crippen LogP contribution in [0.3, 0.4) is 0 Å². The lowest BCUT2D eigenvalue weighted by Crippen LogP contribution is -2.46. The molecule has 2 heterocycles. The van der Waals surface area contributed by atoms with Gasteiger partial charge in [0.25, 0.3) is 0 Å². The van der Waals surface area contributed by atoms with Crippen LogP contribution in [0.2, 0.25) is 0 Å². The quantitative estimate of drug-likeness (QED) is 0.813. The molecule has 6 nitrogen and oxygen atoms in total. The third kappa shape index (κ3) is 4.57. The van der Waals surface area contributed by atoms with Gasteiger partial charge in [0.1, 0.15) is 0 Å². The molecule has 1 aromatic carbocycles. The molecule has 0 aromatic heterocycles. The summed E-state index contributed by atoms with van der Waals surface area (Å²) in [5.74, 6) is 0.397. The monoisotopic (exact) mass is 401 g/mol. The summed E-state index contributed by atoms with van der Waals surface area (Å²) in [4.78, 5) is 15.1. The molecule has 2 aliphatic rings. The van der Waals surface area contributed by atoms with E-state index in [4.69, 9.17) is 0 Å². The molecule has 3 rings (SSSR count). The first-order valence-corrected chi connectivity index (χ1v) is 10.4. The van der Waals surface area contributed by atoms with Crippen molar-refractivity contribution in [3.05, 3.63) is 30.3 Å². The average Bonchev–Trinajstić information content (AvgIpc) is 3.11.